The summed E-state index contributed by atoms with van der Waals surface area (Å²) in [7, 11) is 0. The van der Waals surface area contributed by atoms with Gasteiger partial charge in [-0.05, 0) is 34.5 Å². The van der Waals surface area contributed by atoms with Gasteiger partial charge in [0.05, 0.1) is 0 Å². The van der Waals surface area contributed by atoms with Gasteiger partial charge in [-0.1, -0.05) is 6.07 Å². The van der Waals surface area contributed by atoms with Gasteiger partial charge in [-0.3, -0.25) is 4.79 Å². The average Bonchev–Trinajstić information content (AvgIpc) is 2.01. The van der Waals surface area contributed by atoms with Crippen LogP contribution in [0.25, 0.3) is 0 Å². The van der Waals surface area contributed by atoms with Gasteiger partial charge in [0.1, 0.15) is 10.3 Å². The molecule has 1 saturated heterocycles. The maximum absolute atomic E-state index is 11.6. The molecule has 68 valence electrons. The number of carbonyl (C=O) groups is 1. The number of pyridine rings is 1. The van der Waals surface area contributed by atoms with E-state index in [1.54, 1.807) is 11.0 Å². The van der Waals surface area contributed by atoms with Crippen LogP contribution < -0.4 is 0 Å². The summed E-state index contributed by atoms with van der Waals surface area (Å²) in [6, 6.07) is 5.38. The number of hydrogen-bond acceptors (Lipinski definition) is 2. The smallest absolute Gasteiger partial charge is 0.272 e. The summed E-state index contributed by atoms with van der Waals surface area (Å²) in [5, 5.41) is 0. The van der Waals surface area contributed by atoms with E-state index in [0.29, 0.717) is 10.3 Å². The van der Waals surface area contributed by atoms with Gasteiger partial charge < -0.3 is 4.90 Å². The van der Waals surface area contributed by atoms with Crippen LogP contribution in [0.1, 0.15) is 16.9 Å². The molecule has 2 rings (SSSR count). The van der Waals surface area contributed by atoms with Crippen molar-refractivity contribution >= 4 is 21.8 Å². The van der Waals surface area contributed by atoms with E-state index in [1.165, 1.54) is 0 Å². The van der Waals surface area contributed by atoms with Gasteiger partial charge in [-0.25, -0.2) is 4.98 Å². The second-order valence-corrected chi connectivity index (χ2v) is 3.80. The molecule has 1 amide bonds. The molecule has 0 radical (unpaired) electrons. The maximum Gasteiger partial charge on any atom is 0.272 e. The quantitative estimate of drug-likeness (QED) is 0.701. The number of hydrogen-bond donors (Lipinski definition) is 0. The Balaban J connectivity index is 2.19. The Bertz CT molecular complexity index is 336. The van der Waals surface area contributed by atoms with Crippen LogP contribution in [0.2, 0.25) is 0 Å². The van der Waals surface area contributed by atoms with Gasteiger partial charge in [0, 0.05) is 13.1 Å². The second kappa shape index (κ2) is 3.46. The van der Waals surface area contributed by atoms with Crippen molar-refractivity contribution in [3.8, 4) is 0 Å². The van der Waals surface area contributed by atoms with Gasteiger partial charge >= 0.3 is 0 Å². The topological polar surface area (TPSA) is 33.2 Å². The SMILES string of the molecule is O=C(c1cccc(Br)n1)N1CCC1. The highest BCUT2D eigenvalue weighted by atomic mass is 79.9. The molecule has 0 aromatic carbocycles. The monoisotopic (exact) mass is 240 g/mol. The van der Waals surface area contributed by atoms with E-state index >= 15 is 0 Å². The summed E-state index contributed by atoms with van der Waals surface area (Å²) in [6.45, 7) is 1.74. The van der Waals surface area contributed by atoms with E-state index in [4.69, 9.17) is 0 Å². The van der Waals surface area contributed by atoms with Crippen LogP contribution >= 0.6 is 15.9 Å². The zero-order valence-electron chi connectivity index (χ0n) is 7.03. The van der Waals surface area contributed by atoms with E-state index in [-0.39, 0.29) is 5.91 Å². The molecule has 0 bridgehead atoms. The Labute approximate surface area is 84.9 Å². The normalized spacial score (nSPS) is 15.3. The predicted molar refractivity (Wildman–Crippen MR) is 52.5 cm³/mol. The third-order valence-corrected chi connectivity index (χ3v) is 2.52. The molecule has 1 aromatic heterocycles. The summed E-state index contributed by atoms with van der Waals surface area (Å²) >= 11 is 3.24. The number of carbonyl (C=O) groups excluding carboxylic acids is 1. The van der Waals surface area contributed by atoms with E-state index < -0.39 is 0 Å². The zero-order valence-corrected chi connectivity index (χ0v) is 8.62. The Morgan fingerprint density at radius 3 is 2.77 bits per heavy atom. The lowest BCUT2D eigenvalue weighted by molar-refractivity contribution is 0.0645. The molecule has 0 atom stereocenters. The summed E-state index contributed by atoms with van der Waals surface area (Å²) in [6.07, 6.45) is 1.11. The minimum atomic E-state index is 0.0348. The lowest BCUT2D eigenvalue weighted by atomic mass is 10.2. The van der Waals surface area contributed by atoms with Crippen LogP contribution in [-0.2, 0) is 0 Å². The fourth-order valence-corrected chi connectivity index (χ4v) is 1.55. The molecule has 13 heavy (non-hydrogen) atoms. The van der Waals surface area contributed by atoms with Crippen LogP contribution in [0.5, 0.6) is 0 Å². The van der Waals surface area contributed by atoms with Crippen molar-refractivity contribution in [2.45, 2.75) is 6.42 Å². The molecule has 0 N–H and O–H groups in total. The van der Waals surface area contributed by atoms with E-state index in [0.717, 1.165) is 19.5 Å². The first kappa shape index (κ1) is 8.69. The van der Waals surface area contributed by atoms with Crippen LogP contribution in [0.15, 0.2) is 22.8 Å². The van der Waals surface area contributed by atoms with Crippen molar-refractivity contribution in [3.05, 3.63) is 28.5 Å². The average molecular weight is 241 g/mol. The Hall–Kier alpha value is -0.900. The minimum absolute atomic E-state index is 0.0348. The van der Waals surface area contributed by atoms with Crippen LogP contribution in [0, 0.1) is 0 Å². The maximum atomic E-state index is 11.6. The first-order valence-corrected chi connectivity index (χ1v) is 4.98. The first-order chi connectivity index (χ1) is 6.27. The third kappa shape index (κ3) is 1.72. The van der Waals surface area contributed by atoms with Crippen molar-refractivity contribution in [1.29, 1.82) is 0 Å². The molecule has 4 heteroatoms. The highest BCUT2D eigenvalue weighted by Gasteiger charge is 2.22. The second-order valence-electron chi connectivity index (χ2n) is 2.99. The molecular formula is C9H9BrN2O. The van der Waals surface area contributed by atoms with Crippen molar-refractivity contribution < 1.29 is 4.79 Å². The van der Waals surface area contributed by atoms with Gasteiger partial charge in [0.25, 0.3) is 5.91 Å². The van der Waals surface area contributed by atoms with Gasteiger partial charge in [0.2, 0.25) is 0 Å². The van der Waals surface area contributed by atoms with Crippen LogP contribution in [0.3, 0.4) is 0 Å². The summed E-state index contributed by atoms with van der Waals surface area (Å²) in [5.41, 5.74) is 0.522. The van der Waals surface area contributed by atoms with E-state index in [9.17, 15) is 4.79 Å². The van der Waals surface area contributed by atoms with Crippen molar-refractivity contribution in [1.82, 2.24) is 9.88 Å². The Kier molecular flexibility index (Phi) is 2.31. The van der Waals surface area contributed by atoms with Crippen LogP contribution in [0.4, 0.5) is 0 Å². The standard InChI is InChI=1S/C9H9BrN2O/c10-8-4-1-3-7(11-8)9(13)12-5-2-6-12/h1,3-4H,2,5-6H2. The molecule has 1 aliphatic rings. The Morgan fingerprint density at radius 1 is 1.46 bits per heavy atom. The van der Waals surface area contributed by atoms with E-state index in [1.807, 2.05) is 12.1 Å². The number of rotatable bonds is 1. The summed E-state index contributed by atoms with van der Waals surface area (Å²) < 4.78 is 0.707. The van der Waals surface area contributed by atoms with Crippen molar-refractivity contribution in [2.24, 2.45) is 0 Å². The number of halogens is 1. The molecule has 3 nitrogen and oxygen atoms in total. The van der Waals surface area contributed by atoms with Gasteiger partial charge in [-0.15, -0.1) is 0 Å². The lowest BCUT2D eigenvalue weighted by Crippen LogP contribution is -2.42. The summed E-state index contributed by atoms with van der Waals surface area (Å²) in [5.74, 6) is 0.0348. The predicted octanol–water partition coefficient (Wildman–Crippen LogP) is 1.69. The molecular weight excluding hydrogens is 232 g/mol. The number of likely N-dealkylation sites (tertiary alicyclic amines) is 1. The molecule has 1 aliphatic heterocycles. The molecule has 0 unspecified atom stereocenters. The minimum Gasteiger partial charge on any atom is -0.337 e. The molecule has 1 aromatic rings. The number of aromatic nitrogens is 1. The third-order valence-electron chi connectivity index (χ3n) is 2.08. The lowest BCUT2D eigenvalue weighted by Gasteiger charge is -2.30. The largest absolute Gasteiger partial charge is 0.337 e. The molecule has 0 spiro atoms. The van der Waals surface area contributed by atoms with Crippen molar-refractivity contribution in [2.75, 3.05) is 13.1 Å². The summed E-state index contributed by atoms with van der Waals surface area (Å²) in [4.78, 5) is 17.5. The highest BCUT2D eigenvalue weighted by Crippen LogP contribution is 2.12. The highest BCUT2D eigenvalue weighted by molar-refractivity contribution is 9.10. The van der Waals surface area contributed by atoms with Gasteiger partial charge in [0.15, 0.2) is 0 Å². The molecule has 2 heterocycles. The molecule has 0 saturated carbocycles. The zero-order chi connectivity index (χ0) is 9.26. The first-order valence-electron chi connectivity index (χ1n) is 4.19. The number of amides is 1. The molecule has 1 fully saturated rings. The fraction of sp³-hybridized carbons (Fsp3) is 0.333. The molecule has 0 aliphatic carbocycles. The number of nitrogens with zero attached hydrogens (tertiary/aromatic N) is 2. The van der Waals surface area contributed by atoms with Gasteiger partial charge in [-0.2, -0.15) is 0 Å². The Morgan fingerprint density at radius 2 is 2.23 bits per heavy atom. The fourth-order valence-electron chi connectivity index (χ4n) is 1.21. The van der Waals surface area contributed by atoms with E-state index in [2.05, 4.69) is 20.9 Å². The van der Waals surface area contributed by atoms with Crippen LogP contribution in [-0.4, -0.2) is 28.9 Å². The van der Waals surface area contributed by atoms with Crippen molar-refractivity contribution in [3.63, 3.8) is 0 Å².